The maximum absolute atomic E-state index is 9.67. The maximum atomic E-state index is 9.67. The van der Waals surface area contributed by atoms with Crippen molar-refractivity contribution >= 4 is 0 Å². The van der Waals surface area contributed by atoms with E-state index in [1.165, 1.54) is 64.2 Å². The van der Waals surface area contributed by atoms with Gasteiger partial charge in [0.2, 0.25) is 0 Å². The summed E-state index contributed by atoms with van der Waals surface area (Å²) in [5, 5.41) is 16.1. The average molecular weight is 302 g/mol. The molecule has 0 heterocycles. The van der Waals surface area contributed by atoms with E-state index in [0.29, 0.717) is 19.6 Å². The van der Waals surface area contributed by atoms with Crippen LogP contribution in [0.25, 0.3) is 0 Å². The molecule has 0 aromatic rings. The van der Waals surface area contributed by atoms with Crippen LogP contribution in [0.5, 0.6) is 0 Å². The first-order valence-corrected chi connectivity index (χ1v) is 9.10. The first-order valence-electron chi connectivity index (χ1n) is 9.10. The normalized spacial score (nSPS) is 12.7. The van der Waals surface area contributed by atoms with Crippen molar-refractivity contribution in [2.75, 3.05) is 32.7 Å². The van der Waals surface area contributed by atoms with Crippen molar-refractivity contribution < 1.29 is 5.11 Å². The second kappa shape index (κ2) is 17.9. The van der Waals surface area contributed by atoms with Crippen LogP contribution in [-0.2, 0) is 0 Å². The molecular formula is C17H39N3O. The SMILES string of the molecule is CCCCCCCCCCCCNCC(O)CNCCN. The fourth-order valence-electron chi connectivity index (χ4n) is 2.45. The van der Waals surface area contributed by atoms with E-state index in [0.717, 1.165) is 13.1 Å². The summed E-state index contributed by atoms with van der Waals surface area (Å²) in [4.78, 5) is 0. The Morgan fingerprint density at radius 3 is 1.76 bits per heavy atom. The van der Waals surface area contributed by atoms with Crippen molar-refractivity contribution in [1.29, 1.82) is 0 Å². The molecule has 0 aromatic heterocycles. The van der Waals surface area contributed by atoms with Gasteiger partial charge in [-0.2, -0.15) is 0 Å². The van der Waals surface area contributed by atoms with Crippen molar-refractivity contribution in [2.45, 2.75) is 77.2 Å². The summed E-state index contributed by atoms with van der Waals surface area (Å²) < 4.78 is 0. The highest BCUT2D eigenvalue weighted by atomic mass is 16.3. The quantitative estimate of drug-likeness (QED) is 0.311. The van der Waals surface area contributed by atoms with Gasteiger partial charge in [0.15, 0.2) is 0 Å². The molecule has 0 bridgehead atoms. The molecule has 0 aromatic carbocycles. The van der Waals surface area contributed by atoms with Crippen molar-refractivity contribution in [3.8, 4) is 0 Å². The van der Waals surface area contributed by atoms with E-state index >= 15 is 0 Å². The summed E-state index contributed by atoms with van der Waals surface area (Å²) in [5.41, 5.74) is 5.37. The zero-order valence-electron chi connectivity index (χ0n) is 14.2. The zero-order valence-corrected chi connectivity index (χ0v) is 14.2. The molecule has 21 heavy (non-hydrogen) atoms. The summed E-state index contributed by atoms with van der Waals surface area (Å²) >= 11 is 0. The maximum Gasteiger partial charge on any atom is 0.0788 e. The van der Waals surface area contributed by atoms with Gasteiger partial charge < -0.3 is 21.5 Å². The van der Waals surface area contributed by atoms with E-state index in [4.69, 9.17) is 5.73 Å². The molecule has 1 atom stereocenters. The number of aliphatic hydroxyl groups is 1. The first kappa shape index (κ1) is 20.8. The van der Waals surface area contributed by atoms with Crippen molar-refractivity contribution in [1.82, 2.24) is 10.6 Å². The molecule has 0 aliphatic rings. The van der Waals surface area contributed by atoms with Crippen LogP contribution >= 0.6 is 0 Å². The Labute approximate surface area is 132 Å². The molecule has 0 aliphatic heterocycles. The smallest absolute Gasteiger partial charge is 0.0788 e. The van der Waals surface area contributed by atoms with Gasteiger partial charge >= 0.3 is 0 Å². The fourth-order valence-corrected chi connectivity index (χ4v) is 2.45. The Morgan fingerprint density at radius 2 is 1.24 bits per heavy atom. The second-order valence-electron chi connectivity index (χ2n) is 6.03. The highest BCUT2D eigenvalue weighted by molar-refractivity contribution is 4.63. The largest absolute Gasteiger partial charge is 0.390 e. The Balaban J connectivity index is 3.05. The lowest BCUT2D eigenvalue weighted by Crippen LogP contribution is -2.37. The highest BCUT2D eigenvalue weighted by Gasteiger charge is 2.01. The van der Waals surface area contributed by atoms with Gasteiger partial charge in [0.05, 0.1) is 6.10 Å². The van der Waals surface area contributed by atoms with E-state index in [1.807, 2.05) is 0 Å². The third-order valence-corrected chi connectivity index (χ3v) is 3.79. The van der Waals surface area contributed by atoms with Crippen LogP contribution in [0, 0.1) is 0 Å². The third-order valence-electron chi connectivity index (χ3n) is 3.79. The van der Waals surface area contributed by atoms with Crippen LogP contribution in [0.15, 0.2) is 0 Å². The topological polar surface area (TPSA) is 70.3 Å². The van der Waals surface area contributed by atoms with Gasteiger partial charge in [-0.3, -0.25) is 0 Å². The van der Waals surface area contributed by atoms with Gasteiger partial charge in [0.1, 0.15) is 0 Å². The van der Waals surface area contributed by atoms with Crippen LogP contribution in [0.3, 0.4) is 0 Å². The molecule has 0 saturated heterocycles. The lowest BCUT2D eigenvalue weighted by molar-refractivity contribution is 0.169. The van der Waals surface area contributed by atoms with Crippen LogP contribution in [0.2, 0.25) is 0 Å². The summed E-state index contributed by atoms with van der Waals surface area (Å²) in [6.07, 6.45) is 13.4. The molecule has 4 heteroatoms. The Hall–Kier alpha value is -0.160. The van der Waals surface area contributed by atoms with E-state index in [1.54, 1.807) is 0 Å². The third kappa shape index (κ3) is 17.8. The van der Waals surface area contributed by atoms with Crippen LogP contribution < -0.4 is 16.4 Å². The molecule has 0 rings (SSSR count). The Morgan fingerprint density at radius 1 is 0.762 bits per heavy atom. The van der Waals surface area contributed by atoms with Gasteiger partial charge in [-0.25, -0.2) is 0 Å². The first-order chi connectivity index (χ1) is 10.3. The van der Waals surface area contributed by atoms with Gasteiger partial charge in [0.25, 0.3) is 0 Å². The van der Waals surface area contributed by atoms with Crippen molar-refractivity contribution in [2.24, 2.45) is 5.73 Å². The molecular weight excluding hydrogens is 262 g/mol. The molecule has 0 radical (unpaired) electrons. The van der Waals surface area contributed by atoms with Gasteiger partial charge in [-0.15, -0.1) is 0 Å². The fraction of sp³-hybridized carbons (Fsp3) is 1.00. The van der Waals surface area contributed by atoms with E-state index in [-0.39, 0.29) is 6.10 Å². The Kier molecular flexibility index (Phi) is 17.8. The second-order valence-corrected chi connectivity index (χ2v) is 6.03. The molecule has 128 valence electrons. The molecule has 0 saturated carbocycles. The lowest BCUT2D eigenvalue weighted by Gasteiger charge is -2.12. The Bertz CT molecular complexity index is 191. The molecule has 0 amide bonds. The van der Waals surface area contributed by atoms with Crippen LogP contribution in [-0.4, -0.2) is 43.9 Å². The zero-order chi connectivity index (χ0) is 15.6. The standard InChI is InChI=1S/C17H39N3O/c1-2-3-4-5-6-7-8-9-10-11-13-19-15-17(21)16-20-14-12-18/h17,19-21H,2-16,18H2,1H3. The molecule has 5 N–H and O–H groups in total. The predicted octanol–water partition coefficient (Wildman–Crippen LogP) is 2.41. The van der Waals surface area contributed by atoms with Crippen LogP contribution in [0.1, 0.15) is 71.1 Å². The molecule has 0 spiro atoms. The number of hydrogen-bond donors (Lipinski definition) is 4. The predicted molar refractivity (Wildman–Crippen MR) is 92.6 cm³/mol. The van der Waals surface area contributed by atoms with E-state index < -0.39 is 0 Å². The number of hydrogen-bond acceptors (Lipinski definition) is 4. The monoisotopic (exact) mass is 301 g/mol. The number of nitrogens with one attached hydrogen (secondary N) is 2. The molecule has 4 nitrogen and oxygen atoms in total. The minimum atomic E-state index is -0.306. The minimum Gasteiger partial charge on any atom is -0.390 e. The summed E-state index contributed by atoms with van der Waals surface area (Å²) in [6.45, 7) is 5.99. The average Bonchev–Trinajstić information content (AvgIpc) is 2.48. The summed E-state index contributed by atoms with van der Waals surface area (Å²) in [7, 11) is 0. The van der Waals surface area contributed by atoms with Crippen molar-refractivity contribution in [3.63, 3.8) is 0 Å². The van der Waals surface area contributed by atoms with Crippen molar-refractivity contribution in [3.05, 3.63) is 0 Å². The molecule has 0 aliphatic carbocycles. The summed E-state index contributed by atoms with van der Waals surface area (Å²) in [5.74, 6) is 0. The van der Waals surface area contributed by atoms with Gasteiger partial charge in [0, 0.05) is 26.2 Å². The van der Waals surface area contributed by atoms with E-state index in [2.05, 4.69) is 17.6 Å². The van der Waals surface area contributed by atoms with E-state index in [9.17, 15) is 5.11 Å². The number of nitrogens with two attached hydrogens (primary N) is 1. The van der Waals surface area contributed by atoms with Crippen LogP contribution in [0.4, 0.5) is 0 Å². The van der Waals surface area contributed by atoms with Gasteiger partial charge in [-0.1, -0.05) is 64.7 Å². The molecule has 0 fully saturated rings. The minimum absolute atomic E-state index is 0.306. The molecule has 1 unspecified atom stereocenters. The lowest BCUT2D eigenvalue weighted by atomic mass is 10.1. The number of rotatable bonds is 17. The number of unbranched alkanes of at least 4 members (excludes halogenated alkanes) is 9. The van der Waals surface area contributed by atoms with Gasteiger partial charge in [-0.05, 0) is 13.0 Å². The highest BCUT2D eigenvalue weighted by Crippen LogP contribution is 2.10. The summed E-state index contributed by atoms with van der Waals surface area (Å²) in [6, 6.07) is 0. The number of aliphatic hydroxyl groups excluding tert-OH is 1.